The van der Waals surface area contributed by atoms with E-state index in [9.17, 15) is 14.9 Å². The lowest BCUT2D eigenvalue weighted by Gasteiger charge is -2.37. The van der Waals surface area contributed by atoms with Gasteiger partial charge in [0.25, 0.3) is 0 Å². The molecule has 3 aromatic rings. The Hall–Kier alpha value is -3.51. The number of nitrogens with one attached hydrogen (secondary N) is 2. The quantitative estimate of drug-likeness (QED) is 0.230. The molecule has 1 fully saturated rings. The number of halogens is 4. The fourth-order valence-electron chi connectivity index (χ4n) is 6.11. The van der Waals surface area contributed by atoms with E-state index in [2.05, 4.69) is 16.7 Å². The smallest absolute Gasteiger partial charge is 0.242 e. The van der Waals surface area contributed by atoms with Crippen molar-refractivity contribution >= 4 is 40.6 Å². The predicted octanol–water partition coefficient (Wildman–Crippen LogP) is 8.22. The molecule has 44 heavy (non-hydrogen) atoms. The van der Waals surface area contributed by atoms with Gasteiger partial charge in [0.15, 0.2) is 5.78 Å². The molecule has 0 unspecified atom stereocenters. The second-order valence-electron chi connectivity index (χ2n) is 12.3. The van der Waals surface area contributed by atoms with Crippen LogP contribution >= 0.6 is 23.2 Å². The number of benzene rings is 3. The van der Waals surface area contributed by atoms with Gasteiger partial charge in [0.05, 0.1) is 29.9 Å². The molecule has 0 bridgehead atoms. The van der Waals surface area contributed by atoms with Crippen LogP contribution in [0.3, 0.4) is 0 Å². The van der Waals surface area contributed by atoms with E-state index in [1.54, 1.807) is 18.2 Å². The van der Waals surface area contributed by atoms with Crippen LogP contribution in [0.2, 0.25) is 10.0 Å². The van der Waals surface area contributed by atoms with E-state index in [4.69, 9.17) is 27.9 Å². The molecule has 3 aromatic carbocycles. The highest BCUT2D eigenvalue weighted by Crippen LogP contribution is 2.53. The van der Waals surface area contributed by atoms with E-state index < -0.39 is 41.0 Å². The number of rotatable bonds is 9. The van der Waals surface area contributed by atoms with Gasteiger partial charge in [-0.25, -0.2) is 8.78 Å². The fourth-order valence-corrected chi connectivity index (χ4v) is 6.45. The van der Waals surface area contributed by atoms with Gasteiger partial charge in [-0.3, -0.25) is 9.59 Å². The van der Waals surface area contributed by atoms with Crippen molar-refractivity contribution in [1.29, 1.82) is 5.26 Å². The van der Waals surface area contributed by atoms with Gasteiger partial charge in [-0.1, -0.05) is 69.1 Å². The van der Waals surface area contributed by atoms with Crippen molar-refractivity contribution in [2.24, 2.45) is 5.41 Å². The number of amides is 1. The first kappa shape index (κ1) is 33.4. The lowest BCUT2D eigenvalue weighted by atomic mass is 9.62. The summed E-state index contributed by atoms with van der Waals surface area (Å²) in [6, 6.07) is 13.4. The topological polar surface area (TPSA) is 91.2 Å². The molecule has 4 rings (SSSR count). The molecule has 4 atom stereocenters. The third-order valence-corrected chi connectivity index (χ3v) is 8.52. The Bertz CT molecular complexity index is 1620. The molecular formula is C34H35Cl2F2N3O3. The van der Waals surface area contributed by atoms with Gasteiger partial charge in [-0.05, 0) is 60.2 Å². The second kappa shape index (κ2) is 13.2. The Kier molecular flexibility index (Phi) is 10.0. The van der Waals surface area contributed by atoms with Gasteiger partial charge < -0.3 is 15.4 Å². The highest BCUT2D eigenvalue weighted by atomic mass is 35.5. The normalized spacial score (nSPS) is 21.5. The molecule has 0 radical (unpaired) electrons. The number of carbonyl (C=O) groups is 2. The number of carbonyl (C=O) groups excluding carboxylic acids is 2. The molecular weight excluding hydrogens is 607 g/mol. The number of Topliss-reactive ketones (excluding diaryl/α,β-unsaturated/α-hetero) is 1. The number of hydrogen-bond acceptors (Lipinski definition) is 5. The van der Waals surface area contributed by atoms with Crippen molar-refractivity contribution in [1.82, 2.24) is 5.32 Å². The minimum Gasteiger partial charge on any atom is -0.495 e. The number of nitrogens with zero attached hydrogens (tertiary/aromatic N) is 1. The van der Waals surface area contributed by atoms with Gasteiger partial charge >= 0.3 is 0 Å². The van der Waals surface area contributed by atoms with Gasteiger partial charge in [-0.15, -0.1) is 0 Å². The average molecular weight is 643 g/mol. The van der Waals surface area contributed by atoms with Gasteiger partial charge in [-0.2, -0.15) is 5.26 Å². The van der Waals surface area contributed by atoms with Crippen molar-refractivity contribution < 1.29 is 23.1 Å². The highest BCUT2D eigenvalue weighted by Gasteiger charge is 2.61. The summed E-state index contributed by atoms with van der Waals surface area (Å²) in [5.74, 6) is -3.18. The van der Waals surface area contributed by atoms with Crippen molar-refractivity contribution in [3.8, 4) is 11.8 Å². The first-order valence-corrected chi connectivity index (χ1v) is 15.1. The van der Waals surface area contributed by atoms with Crippen LogP contribution < -0.4 is 15.4 Å². The van der Waals surface area contributed by atoms with Crippen LogP contribution in [0.25, 0.3) is 0 Å². The summed E-state index contributed by atoms with van der Waals surface area (Å²) in [7, 11) is 1.42. The molecule has 0 saturated carbocycles. The summed E-state index contributed by atoms with van der Waals surface area (Å²) in [6.45, 7) is 7.79. The second-order valence-corrected chi connectivity index (χ2v) is 13.1. The van der Waals surface area contributed by atoms with E-state index in [1.165, 1.54) is 37.4 Å². The maximum atomic E-state index is 15.9. The summed E-state index contributed by atoms with van der Waals surface area (Å²) in [5.41, 5.74) is -1.44. The van der Waals surface area contributed by atoms with Crippen LogP contribution in [0.1, 0.15) is 74.4 Å². The van der Waals surface area contributed by atoms with Crippen LogP contribution in [0.15, 0.2) is 54.6 Å². The fraction of sp³-hybridized carbons (Fsp3) is 0.382. The van der Waals surface area contributed by atoms with Gasteiger partial charge in [0.2, 0.25) is 5.91 Å². The van der Waals surface area contributed by atoms with Crippen molar-refractivity contribution in [3.05, 3.63) is 93.0 Å². The minimum absolute atomic E-state index is 0.00932. The van der Waals surface area contributed by atoms with E-state index in [0.29, 0.717) is 24.8 Å². The summed E-state index contributed by atoms with van der Waals surface area (Å²) < 4.78 is 37.2. The lowest BCUT2D eigenvalue weighted by molar-refractivity contribution is -0.118. The standard InChI is InChI=1S/C34H35Cl2F2N3O3/c1-6-8-26(42)19-11-14-25(27(15-19)44-5)40-32(43)31-29(21-9-7-10-23(36)30(21)38)34(18-39,28(41-31)17-33(2,3)4)22-13-12-20(35)16-24(22)37/h7,9-16,28-29,31,41H,6,8,17H2,1-5H3,(H,40,43)/t28-,29-,31+,34-/m0/s1. The Balaban J connectivity index is 1.91. The molecule has 232 valence electrons. The number of hydrogen-bond donors (Lipinski definition) is 2. The summed E-state index contributed by atoms with van der Waals surface area (Å²) in [5, 5.41) is 17.1. The van der Waals surface area contributed by atoms with E-state index in [1.807, 2.05) is 27.7 Å². The molecule has 1 amide bonds. The van der Waals surface area contributed by atoms with Crippen LogP contribution in [-0.4, -0.2) is 30.9 Å². The molecule has 6 nitrogen and oxygen atoms in total. The zero-order chi connectivity index (χ0) is 32.4. The molecule has 1 aliphatic heterocycles. The first-order chi connectivity index (χ1) is 20.8. The SMILES string of the molecule is CCCC(=O)c1ccc(NC(=O)[C@@H]2N[C@@H](CC(C)(C)C)[C@](C#N)(c3ccc(Cl)cc3F)[C@H]2c2cccc(Cl)c2F)c(OC)c1. The maximum absolute atomic E-state index is 15.9. The van der Waals surface area contributed by atoms with E-state index in [-0.39, 0.29) is 43.8 Å². The summed E-state index contributed by atoms with van der Waals surface area (Å²) >= 11 is 12.3. The number of ether oxygens (including phenoxy) is 1. The van der Waals surface area contributed by atoms with Crippen molar-refractivity contribution in [2.75, 3.05) is 12.4 Å². The Morgan fingerprint density at radius 2 is 1.84 bits per heavy atom. The number of anilines is 1. The number of ketones is 1. The average Bonchev–Trinajstić information content (AvgIpc) is 3.27. The molecule has 10 heteroatoms. The zero-order valence-corrected chi connectivity index (χ0v) is 26.7. The molecule has 0 aromatic heterocycles. The summed E-state index contributed by atoms with van der Waals surface area (Å²) in [4.78, 5) is 26.7. The Labute approximate surface area is 266 Å². The molecule has 0 aliphatic carbocycles. The summed E-state index contributed by atoms with van der Waals surface area (Å²) in [6.07, 6.45) is 1.38. The third kappa shape index (κ3) is 6.46. The zero-order valence-electron chi connectivity index (χ0n) is 25.2. The highest BCUT2D eigenvalue weighted by molar-refractivity contribution is 6.31. The van der Waals surface area contributed by atoms with E-state index in [0.717, 1.165) is 6.07 Å². The third-order valence-electron chi connectivity index (χ3n) is 7.99. The largest absolute Gasteiger partial charge is 0.495 e. The van der Waals surface area contributed by atoms with Gasteiger partial charge in [0, 0.05) is 34.5 Å². The lowest BCUT2D eigenvalue weighted by Crippen LogP contribution is -2.45. The Morgan fingerprint density at radius 3 is 2.45 bits per heavy atom. The molecule has 1 heterocycles. The molecule has 1 saturated heterocycles. The molecule has 0 spiro atoms. The molecule has 2 N–H and O–H groups in total. The van der Waals surface area contributed by atoms with Crippen LogP contribution in [0.4, 0.5) is 14.5 Å². The monoisotopic (exact) mass is 641 g/mol. The Morgan fingerprint density at radius 1 is 1.11 bits per heavy atom. The van der Waals surface area contributed by atoms with Crippen LogP contribution in [0.5, 0.6) is 5.75 Å². The van der Waals surface area contributed by atoms with Gasteiger partial charge in [0.1, 0.15) is 22.8 Å². The number of methoxy groups -OCH3 is 1. The maximum Gasteiger partial charge on any atom is 0.242 e. The predicted molar refractivity (Wildman–Crippen MR) is 168 cm³/mol. The first-order valence-electron chi connectivity index (χ1n) is 14.4. The van der Waals surface area contributed by atoms with Crippen molar-refractivity contribution in [2.45, 2.75) is 70.4 Å². The minimum atomic E-state index is -1.75. The van der Waals surface area contributed by atoms with Crippen LogP contribution in [0, 0.1) is 28.4 Å². The van der Waals surface area contributed by atoms with Crippen LogP contribution in [-0.2, 0) is 10.2 Å². The van der Waals surface area contributed by atoms with E-state index >= 15 is 8.78 Å². The number of nitriles is 1. The molecule has 1 aliphatic rings. The van der Waals surface area contributed by atoms with Crippen molar-refractivity contribution in [3.63, 3.8) is 0 Å².